The Morgan fingerprint density at radius 1 is 1.38 bits per heavy atom. The van der Waals surface area contributed by atoms with Crippen LogP contribution in [-0.2, 0) is 19.5 Å². The second-order valence-corrected chi connectivity index (χ2v) is 9.04. The van der Waals surface area contributed by atoms with Crippen LogP contribution >= 0.6 is 22.7 Å². The van der Waals surface area contributed by atoms with Gasteiger partial charge in [0.1, 0.15) is 0 Å². The van der Waals surface area contributed by atoms with Crippen LogP contribution in [0.15, 0.2) is 16.4 Å². The summed E-state index contributed by atoms with van der Waals surface area (Å²) in [4.78, 5) is 14.6. The van der Waals surface area contributed by atoms with Crippen molar-refractivity contribution in [2.75, 3.05) is 19.6 Å². The molecule has 2 N–H and O–H groups in total. The molecule has 142 valence electrons. The van der Waals surface area contributed by atoms with E-state index in [9.17, 15) is 0 Å². The summed E-state index contributed by atoms with van der Waals surface area (Å²) in [6.07, 6.45) is 1.18. The van der Waals surface area contributed by atoms with Crippen LogP contribution in [0.3, 0.4) is 0 Å². The molecule has 3 heterocycles. The summed E-state index contributed by atoms with van der Waals surface area (Å²) >= 11 is 3.63. The van der Waals surface area contributed by atoms with Crippen molar-refractivity contribution in [3.8, 4) is 0 Å². The second kappa shape index (κ2) is 8.97. The van der Waals surface area contributed by atoms with E-state index in [2.05, 4.69) is 52.7 Å². The largest absolute Gasteiger partial charge is 0.357 e. The molecule has 0 saturated heterocycles. The first-order valence-corrected chi connectivity index (χ1v) is 11.0. The number of hydrogen-bond donors (Lipinski definition) is 2. The minimum atomic E-state index is 0.472. The van der Waals surface area contributed by atoms with Gasteiger partial charge in [-0.3, -0.25) is 4.90 Å². The van der Waals surface area contributed by atoms with Gasteiger partial charge >= 0.3 is 0 Å². The second-order valence-electron chi connectivity index (χ2n) is 6.76. The van der Waals surface area contributed by atoms with Crippen LogP contribution in [0.2, 0.25) is 0 Å². The molecule has 2 aromatic heterocycles. The molecule has 2 aromatic rings. The van der Waals surface area contributed by atoms with E-state index in [1.807, 2.05) is 18.3 Å². The van der Waals surface area contributed by atoms with Crippen LogP contribution in [0, 0.1) is 13.8 Å². The molecule has 0 spiro atoms. The van der Waals surface area contributed by atoms with Crippen molar-refractivity contribution in [2.24, 2.45) is 4.99 Å². The molecule has 0 aromatic carbocycles. The smallest absolute Gasteiger partial charge is 0.191 e. The van der Waals surface area contributed by atoms with Crippen LogP contribution in [-0.4, -0.2) is 41.5 Å². The maximum absolute atomic E-state index is 4.75. The molecule has 0 aliphatic carbocycles. The Hall–Kier alpha value is -1.44. The number of aromatic nitrogens is 1. The molecule has 3 rings (SSSR count). The molecular formula is C19H29N5S2. The first kappa shape index (κ1) is 19.3. The molecule has 26 heavy (non-hydrogen) atoms. The van der Waals surface area contributed by atoms with Gasteiger partial charge in [0.15, 0.2) is 5.96 Å². The van der Waals surface area contributed by atoms with E-state index in [0.29, 0.717) is 12.6 Å². The zero-order chi connectivity index (χ0) is 18.5. The third-order valence-electron chi connectivity index (χ3n) is 4.75. The summed E-state index contributed by atoms with van der Waals surface area (Å²) in [5, 5.41) is 10.2. The van der Waals surface area contributed by atoms with Gasteiger partial charge < -0.3 is 10.6 Å². The highest BCUT2D eigenvalue weighted by Gasteiger charge is 2.21. The molecule has 5 nitrogen and oxygen atoms in total. The van der Waals surface area contributed by atoms with E-state index in [0.717, 1.165) is 42.8 Å². The summed E-state index contributed by atoms with van der Waals surface area (Å²) in [5.41, 5.74) is 2.60. The first-order valence-electron chi connectivity index (χ1n) is 9.31. The number of fused-ring (bicyclic) bond motifs is 1. The van der Waals surface area contributed by atoms with Crippen molar-refractivity contribution in [3.63, 3.8) is 0 Å². The minimum Gasteiger partial charge on any atom is -0.357 e. The predicted octanol–water partition coefficient (Wildman–Crippen LogP) is 3.32. The van der Waals surface area contributed by atoms with Crippen LogP contribution < -0.4 is 10.6 Å². The van der Waals surface area contributed by atoms with Crippen molar-refractivity contribution < 1.29 is 0 Å². The number of aliphatic imine (C=N–C) groups is 1. The van der Waals surface area contributed by atoms with Crippen molar-refractivity contribution in [3.05, 3.63) is 37.5 Å². The van der Waals surface area contributed by atoms with Crippen molar-refractivity contribution in [1.29, 1.82) is 0 Å². The van der Waals surface area contributed by atoms with Gasteiger partial charge in [0.25, 0.3) is 0 Å². The molecule has 1 unspecified atom stereocenters. The quantitative estimate of drug-likeness (QED) is 0.586. The average Bonchev–Trinajstić information content (AvgIpc) is 3.22. The molecule has 0 radical (unpaired) electrons. The van der Waals surface area contributed by atoms with Gasteiger partial charge in [-0.1, -0.05) is 0 Å². The van der Waals surface area contributed by atoms with E-state index >= 15 is 0 Å². The van der Waals surface area contributed by atoms with E-state index in [1.165, 1.54) is 16.9 Å². The van der Waals surface area contributed by atoms with Crippen molar-refractivity contribution >= 4 is 28.6 Å². The molecule has 1 aliphatic heterocycles. The SMILES string of the molecule is CCNC(=NCc1sc(C)nc1C)NCC(C)N1CCc2sccc2C1. The van der Waals surface area contributed by atoms with E-state index in [-0.39, 0.29) is 0 Å². The van der Waals surface area contributed by atoms with Crippen molar-refractivity contribution in [1.82, 2.24) is 20.5 Å². The average molecular weight is 392 g/mol. The fourth-order valence-electron chi connectivity index (χ4n) is 3.23. The molecule has 0 fully saturated rings. The van der Waals surface area contributed by atoms with E-state index < -0.39 is 0 Å². The van der Waals surface area contributed by atoms with Crippen LogP contribution in [0.1, 0.15) is 39.9 Å². The number of nitrogens with zero attached hydrogens (tertiary/aromatic N) is 3. The molecule has 0 amide bonds. The summed E-state index contributed by atoms with van der Waals surface area (Å²) in [6.45, 7) is 13.2. The van der Waals surface area contributed by atoms with Crippen molar-refractivity contribution in [2.45, 2.75) is 53.2 Å². The Balaban J connectivity index is 1.54. The summed E-state index contributed by atoms with van der Waals surface area (Å²) in [7, 11) is 0. The fraction of sp³-hybridized carbons (Fsp3) is 0.579. The summed E-state index contributed by atoms with van der Waals surface area (Å²) in [5.74, 6) is 0.887. The lowest BCUT2D eigenvalue weighted by Crippen LogP contribution is -2.47. The van der Waals surface area contributed by atoms with Gasteiger partial charge in [0, 0.05) is 42.0 Å². The van der Waals surface area contributed by atoms with Gasteiger partial charge in [-0.2, -0.15) is 0 Å². The highest BCUT2D eigenvalue weighted by atomic mass is 32.1. The highest BCUT2D eigenvalue weighted by molar-refractivity contribution is 7.11. The molecule has 7 heteroatoms. The number of thiazole rings is 1. The lowest BCUT2D eigenvalue weighted by atomic mass is 10.1. The topological polar surface area (TPSA) is 52.6 Å². The maximum Gasteiger partial charge on any atom is 0.191 e. The minimum absolute atomic E-state index is 0.472. The van der Waals surface area contributed by atoms with E-state index in [1.54, 1.807) is 16.2 Å². The van der Waals surface area contributed by atoms with Gasteiger partial charge in [-0.15, -0.1) is 22.7 Å². The Labute approximate surface area is 164 Å². The van der Waals surface area contributed by atoms with Gasteiger partial charge in [-0.05, 0) is 51.1 Å². The monoisotopic (exact) mass is 391 g/mol. The zero-order valence-corrected chi connectivity index (χ0v) is 17.8. The maximum atomic E-state index is 4.75. The normalized spacial score (nSPS) is 16.4. The number of guanidine groups is 1. The number of nitrogens with one attached hydrogen (secondary N) is 2. The Kier molecular flexibility index (Phi) is 6.67. The number of hydrogen-bond acceptors (Lipinski definition) is 5. The number of rotatable bonds is 6. The third kappa shape index (κ3) is 4.84. The summed E-state index contributed by atoms with van der Waals surface area (Å²) < 4.78 is 0. The lowest BCUT2D eigenvalue weighted by molar-refractivity contribution is 0.192. The molecule has 0 saturated carbocycles. The summed E-state index contributed by atoms with van der Waals surface area (Å²) in [6, 6.07) is 2.75. The first-order chi connectivity index (χ1) is 12.6. The van der Waals surface area contributed by atoms with Gasteiger partial charge in [0.05, 0.1) is 17.2 Å². The van der Waals surface area contributed by atoms with E-state index in [4.69, 9.17) is 4.99 Å². The van der Waals surface area contributed by atoms with Gasteiger partial charge in [0.2, 0.25) is 0 Å². The van der Waals surface area contributed by atoms with Crippen LogP contribution in [0.4, 0.5) is 0 Å². The number of aryl methyl sites for hydroxylation is 2. The predicted molar refractivity (Wildman–Crippen MR) is 112 cm³/mol. The molecule has 1 atom stereocenters. The third-order valence-corrected chi connectivity index (χ3v) is 6.83. The van der Waals surface area contributed by atoms with Crippen LogP contribution in [0.5, 0.6) is 0 Å². The number of thiophene rings is 1. The Bertz CT molecular complexity index is 749. The molecular weight excluding hydrogens is 362 g/mol. The van der Waals surface area contributed by atoms with Gasteiger partial charge in [-0.25, -0.2) is 9.98 Å². The lowest BCUT2D eigenvalue weighted by Gasteiger charge is -2.32. The fourth-order valence-corrected chi connectivity index (χ4v) is 4.98. The highest BCUT2D eigenvalue weighted by Crippen LogP contribution is 2.25. The van der Waals surface area contributed by atoms with Crippen LogP contribution in [0.25, 0.3) is 0 Å². The molecule has 1 aliphatic rings. The Morgan fingerprint density at radius 3 is 2.96 bits per heavy atom. The zero-order valence-electron chi connectivity index (χ0n) is 16.1. The molecule has 0 bridgehead atoms. The standard InChI is InChI=1S/C19H29N5S2/c1-5-20-19(22-11-18-14(3)23-15(4)26-18)21-10-13(2)24-8-6-17-16(12-24)7-9-25-17/h7,9,13H,5-6,8,10-12H2,1-4H3,(H2,20,21,22). The Morgan fingerprint density at radius 2 is 2.23 bits per heavy atom.